The summed E-state index contributed by atoms with van der Waals surface area (Å²) in [5.41, 5.74) is 0.368. The summed E-state index contributed by atoms with van der Waals surface area (Å²) in [6.07, 6.45) is 17.3. The SMILES string of the molecule is C=C(C)C(=O)OCCOCCOC(=O)CCCCCCCCCCCCCCC. The normalized spacial score (nSPS) is 10.7. The fraction of sp³-hybridized carbons (Fsp3) is 0.833. The molecule has 0 rings (SSSR count). The van der Waals surface area contributed by atoms with Gasteiger partial charge >= 0.3 is 11.9 Å². The molecule has 0 aromatic carbocycles. The fourth-order valence-corrected chi connectivity index (χ4v) is 2.99. The largest absolute Gasteiger partial charge is 0.463 e. The lowest BCUT2D eigenvalue weighted by Gasteiger charge is -2.07. The first-order chi connectivity index (χ1) is 14.1. The first-order valence-corrected chi connectivity index (χ1v) is 11.6. The van der Waals surface area contributed by atoms with Gasteiger partial charge in [-0.05, 0) is 13.3 Å². The van der Waals surface area contributed by atoms with Crippen LogP contribution in [-0.4, -0.2) is 38.4 Å². The molecule has 0 atom stereocenters. The molecule has 0 saturated heterocycles. The number of hydrogen-bond acceptors (Lipinski definition) is 5. The fourth-order valence-electron chi connectivity index (χ4n) is 2.99. The molecule has 0 saturated carbocycles. The minimum atomic E-state index is -0.419. The van der Waals surface area contributed by atoms with Crippen LogP contribution in [0.4, 0.5) is 0 Å². The van der Waals surface area contributed by atoms with E-state index < -0.39 is 5.97 Å². The van der Waals surface area contributed by atoms with E-state index in [1.807, 2.05) is 0 Å². The molecule has 0 N–H and O–H groups in total. The van der Waals surface area contributed by atoms with E-state index >= 15 is 0 Å². The monoisotopic (exact) mass is 412 g/mol. The Morgan fingerprint density at radius 1 is 0.655 bits per heavy atom. The first kappa shape index (κ1) is 27.6. The van der Waals surface area contributed by atoms with Crippen LogP contribution in [0.3, 0.4) is 0 Å². The zero-order valence-electron chi connectivity index (χ0n) is 19.0. The Balaban J connectivity index is 3.22. The van der Waals surface area contributed by atoms with Crippen LogP contribution in [0.2, 0.25) is 0 Å². The predicted octanol–water partition coefficient (Wildman–Crippen LogP) is 6.15. The Bertz CT molecular complexity index is 419. The summed E-state index contributed by atoms with van der Waals surface area (Å²) in [5.74, 6) is -0.580. The summed E-state index contributed by atoms with van der Waals surface area (Å²) in [6, 6.07) is 0. The lowest BCUT2D eigenvalue weighted by Crippen LogP contribution is -2.14. The summed E-state index contributed by atoms with van der Waals surface area (Å²) in [7, 11) is 0. The minimum Gasteiger partial charge on any atom is -0.463 e. The highest BCUT2D eigenvalue weighted by Crippen LogP contribution is 2.13. The van der Waals surface area contributed by atoms with Crippen molar-refractivity contribution >= 4 is 11.9 Å². The maximum Gasteiger partial charge on any atom is 0.333 e. The summed E-state index contributed by atoms with van der Waals surface area (Å²) >= 11 is 0. The van der Waals surface area contributed by atoms with Gasteiger partial charge in [0.1, 0.15) is 13.2 Å². The van der Waals surface area contributed by atoms with Gasteiger partial charge in [0.2, 0.25) is 0 Å². The van der Waals surface area contributed by atoms with Crippen LogP contribution >= 0.6 is 0 Å². The minimum absolute atomic E-state index is 0.162. The molecule has 0 amide bonds. The zero-order valence-corrected chi connectivity index (χ0v) is 19.0. The summed E-state index contributed by atoms with van der Waals surface area (Å²) in [4.78, 5) is 22.8. The van der Waals surface area contributed by atoms with Crippen molar-refractivity contribution in [3.63, 3.8) is 0 Å². The molecule has 0 spiro atoms. The van der Waals surface area contributed by atoms with E-state index in [4.69, 9.17) is 14.2 Å². The van der Waals surface area contributed by atoms with E-state index in [1.165, 1.54) is 70.6 Å². The van der Waals surface area contributed by atoms with Crippen molar-refractivity contribution in [2.75, 3.05) is 26.4 Å². The summed E-state index contributed by atoms with van der Waals surface area (Å²) in [6.45, 7) is 8.37. The maximum atomic E-state index is 11.6. The third-order valence-electron chi connectivity index (χ3n) is 4.78. The van der Waals surface area contributed by atoms with Gasteiger partial charge in [0.05, 0.1) is 13.2 Å². The molecule has 0 unspecified atom stereocenters. The summed E-state index contributed by atoms with van der Waals surface area (Å²) < 4.78 is 15.3. The Hall–Kier alpha value is -1.36. The molecule has 0 heterocycles. The van der Waals surface area contributed by atoms with E-state index in [-0.39, 0.29) is 25.8 Å². The highest BCUT2D eigenvalue weighted by molar-refractivity contribution is 5.86. The number of hydrogen-bond donors (Lipinski definition) is 0. The van der Waals surface area contributed by atoms with Crippen LogP contribution < -0.4 is 0 Å². The van der Waals surface area contributed by atoms with Gasteiger partial charge in [0.25, 0.3) is 0 Å². The van der Waals surface area contributed by atoms with E-state index in [9.17, 15) is 9.59 Å². The number of carbonyl (C=O) groups excluding carboxylic acids is 2. The highest BCUT2D eigenvalue weighted by atomic mass is 16.6. The Kier molecular flexibility index (Phi) is 20.3. The lowest BCUT2D eigenvalue weighted by atomic mass is 10.0. The van der Waals surface area contributed by atoms with Gasteiger partial charge in [0.15, 0.2) is 0 Å². The second kappa shape index (κ2) is 21.4. The molecule has 0 aromatic heterocycles. The zero-order chi connectivity index (χ0) is 21.6. The van der Waals surface area contributed by atoms with Crippen molar-refractivity contribution in [3.8, 4) is 0 Å². The van der Waals surface area contributed by atoms with Crippen molar-refractivity contribution in [1.29, 1.82) is 0 Å². The van der Waals surface area contributed by atoms with Crippen LogP contribution in [0.25, 0.3) is 0 Å². The van der Waals surface area contributed by atoms with Crippen molar-refractivity contribution in [1.82, 2.24) is 0 Å². The molecular formula is C24H44O5. The molecule has 0 aliphatic heterocycles. The van der Waals surface area contributed by atoms with Crippen molar-refractivity contribution in [3.05, 3.63) is 12.2 Å². The van der Waals surface area contributed by atoms with Gasteiger partial charge in [-0.25, -0.2) is 4.79 Å². The average molecular weight is 413 g/mol. The van der Waals surface area contributed by atoms with Crippen molar-refractivity contribution in [2.24, 2.45) is 0 Å². The van der Waals surface area contributed by atoms with E-state index in [1.54, 1.807) is 6.92 Å². The maximum absolute atomic E-state index is 11.6. The number of carbonyl (C=O) groups is 2. The van der Waals surface area contributed by atoms with Crippen LogP contribution in [-0.2, 0) is 23.8 Å². The number of ether oxygens (including phenoxy) is 3. The van der Waals surface area contributed by atoms with E-state index in [2.05, 4.69) is 13.5 Å². The molecule has 0 fully saturated rings. The van der Waals surface area contributed by atoms with Gasteiger partial charge in [-0.2, -0.15) is 0 Å². The predicted molar refractivity (Wildman–Crippen MR) is 118 cm³/mol. The smallest absolute Gasteiger partial charge is 0.333 e. The number of rotatable bonds is 21. The first-order valence-electron chi connectivity index (χ1n) is 11.6. The lowest BCUT2D eigenvalue weighted by molar-refractivity contribution is -0.145. The molecule has 29 heavy (non-hydrogen) atoms. The van der Waals surface area contributed by atoms with Gasteiger partial charge < -0.3 is 14.2 Å². The van der Waals surface area contributed by atoms with Gasteiger partial charge in [-0.1, -0.05) is 90.6 Å². The van der Waals surface area contributed by atoms with Crippen LogP contribution in [0.1, 0.15) is 104 Å². The standard InChI is InChI=1S/C24H44O5/c1-4-5-6-7-8-9-10-11-12-13-14-15-16-17-23(25)28-20-18-27-19-21-29-24(26)22(2)3/h2,4-21H2,1,3H3. The molecular weight excluding hydrogens is 368 g/mol. The van der Waals surface area contributed by atoms with Gasteiger partial charge in [-0.3, -0.25) is 4.79 Å². The van der Waals surface area contributed by atoms with Crippen LogP contribution in [0.15, 0.2) is 12.2 Å². The van der Waals surface area contributed by atoms with E-state index in [0.717, 1.165) is 12.8 Å². The van der Waals surface area contributed by atoms with Crippen LogP contribution in [0, 0.1) is 0 Å². The van der Waals surface area contributed by atoms with Gasteiger partial charge in [-0.15, -0.1) is 0 Å². The molecule has 0 bridgehead atoms. The average Bonchev–Trinajstić information content (AvgIpc) is 2.70. The number of esters is 2. The molecule has 0 aliphatic rings. The number of unbranched alkanes of at least 4 members (excludes halogenated alkanes) is 12. The second-order valence-electron chi connectivity index (χ2n) is 7.74. The van der Waals surface area contributed by atoms with E-state index in [0.29, 0.717) is 18.6 Å². The molecule has 0 aromatic rings. The topological polar surface area (TPSA) is 61.8 Å². The second-order valence-corrected chi connectivity index (χ2v) is 7.74. The quantitative estimate of drug-likeness (QED) is 0.129. The van der Waals surface area contributed by atoms with Crippen LogP contribution in [0.5, 0.6) is 0 Å². The molecule has 5 heteroatoms. The molecule has 0 aliphatic carbocycles. The third kappa shape index (κ3) is 21.2. The summed E-state index contributed by atoms with van der Waals surface area (Å²) in [5, 5.41) is 0. The molecule has 5 nitrogen and oxygen atoms in total. The molecule has 170 valence electrons. The molecule has 0 radical (unpaired) electrons. The Labute approximate surface area is 178 Å². The van der Waals surface area contributed by atoms with Gasteiger partial charge in [0, 0.05) is 12.0 Å². The Morgan fingerprint density at radius 2 is 1.10 bits per heavy atom. The van der Waals surface area contributed by atoms with Crippen molar-refractivity contribution in [2.45, 2.75) is 104 Å². The Morgan fingerprint density at radius 3 is 1.59 bits per heavy atom. The third-order valence-corrected chi connectivity index (χ3v) is 4.78. The van der Waals surface area contributed by atoms with Crippen molar-refractivity contribution < 1.29 is 23.8 Å². The highest BCUT2D eigenvalue weighted by Gasteiger charge is 2.04.